The number of nitrogens with one attached hydrogen (secondary N) is 1. The highest BCUT2D eigenvalue weighted by Crippen LogP contribution is 2.20. The molecule has 4 nitrogen and oxygen atoms in total. The van der Waals surface area contributed by atoms with Gasteiger partial charge < -0.3 is 10.4 Å². The van der Waals surface area contributed by atoms with E-state index in [2.05, 4.69) is 37.4 Å². The molecule has 0 spiro atoms. The van der Waals surface area contributed by atoms with Crippen molar-refractivity contribution in [1.29, 1.82) is 5.26 Å². The summed E-state index contributed by atoms with van der Waals surface area (Å²) in [6, 6.07) is 22.3. The molecule has 3 aromatic rings. The minimum atomic E-state index is -0.487. The molecule has 2 N–H and O–H groups in total. The second kappa shape index (κ2) is 8.90. The maximum atomic E-state index is 12.5. The zero-order valence-electron chi connectivity index (χ0n) is 16.4. The average Bonchev–Trinajstić information content (AvgIpc) is 2.68. The standard InChI is InChI=1S/C25H22N2O2/c1-17-11-18(2)13-19(12-17)14-20-5-3-4-6-21(20)15-22(16-26)25(29)27-23-7-9-24(28)10-8-23/h3-13,15,28H,14H2,1-2H3,(H,27,29)/b22-15+. The molecule has 0 aliphatic carbocycles. The van der Waals surface area contributed by atoms with Crippen LogP contribution in [0.2, 0.25) is 0 Å². The Labute approximate surface area is 170 Å². The van der Waals surface area contributed by atoms with Crippen LogP contribution in [0.4, 0.5) is 5.69 Å². The quantitative estimate of drug-likeness (QED) is 0.364. The number of nitriles is 1. The lowest BCUT2D eigenvalue weighted by Gasteiger charge is -2.09. The summed E-state index contributed by atoms with van der Waals surface area (Å²) in [6.07, 6.45) is 2.33. The number of aryl methyl sites for hydroxylation is 2. The van der Waals surface area contributed by atoms with Gasteiger partial charge >= 0.3 is 0 Å². The summed E-state index contributed by atoms with van der Waals surface area (Å²) >= 11 is 0. The van der Waals surface area contributed by atoms with Gasteiger partial charge in [-0.15, -0.1) is 0 Å². The summed E-state index contributed by atoms with van der Waals surface area (Å²) in [4.78, 5) is 12.5. The van der Waals surface area contributed by atoms with E-state index in [4.69, 9.17) is 0 Å². The Hall–Kier alpha value is -3.84. The van der Waals surface area contributed by atoms with Crippen molar-refractivity contribution in [1.82, 2.24) is 0 Å². The molecule has 0 fully saturated rings. The monoisotopic (exact) mass is 382 g/mol. The van der Waals surface area contributed by atoms with Crippen LogP contribution >= 0.6 is 0 Å². The minimum absolute atomic E-state index is 0.0194. The first kappa shape index (κ1) is 19.9. The molecule has 1 amide bonds. The van der Waals surface area contributed by atoms with E-state index >= 15 is 0 Å². The van der Waals surface area contributed by atoms with Crippen LogP contribution in [-0.4, -0.2) is 11.0 Å². The van der Waals surface area contributed by atoms with Crippen molar-refractivity contribution < 1.29 is 9.90 Å². The third-order valence-electron chi connectivity index (χ3n) is 4.52. The zero-order chi connectivity index (χ0) is 20.8. The summed E-state index contributed by atoms with van der Waals surface area (Å²) in [7, 11) is 0. The molecule has 0 aliphatic rings. The molecule has 0 saturated heterocycles. The first-order valence-electron chi connectivity index (χ1n) is 9.32. The Balaban J connectivity index is 1.86. The van der Waals surface area contributed by atoms with Gasteiger partial charge in [-0.3, -0.25) is 4.79 Å². The van der Waals surface area contributed by atoms with Gasteiger partial charge in [-0.05, 0) is 67.3 Å². The Morgan fingerprint density at radius 1 is 1.03 bits per heavy atom. The van der Waals surface area contributed by atoms with Crippen molar-refractivity contribution in [3.8, 4) is 11.8 Å². The highest BCUT2D eigenvalue weighted by molar-refractivity contribution is 6.09. The molecule has 0 saturated carbocycles. The molecule has 0 heterocycles. The van der Waals surface area contributed by atoms with E-state index in [0.29, 0.717) is 12.1 Å². The first-order valence-corrected chi connectivity index (χ1v) is 9.32. The molecule has 0 radical (unpaired) electrons. The Morgan fingerprint density at radius 3 is 2.34 bits per heavy atom. The number of phenols is 1. The number of hydrogen-bond donors (Lipinski definition) is 2. The highest BCUT2D eigenvalue weighted by atomic mass is 16.3. The predicted octanol–water partition coefficient (Wildman–Crippen LogP) is 5.15. The maximum absolute atomic E-state index is 12.5. The number of hydrogen-bond acceptors (Lipinski definition) is 3. The molecule has 3 rings (SSSR count). The second-order valence-corrected chi connectivity index (χ2v) is 7.04. The van der Waals surface area contributed by atoms with Crippen LogP contribution in [0.1, 0.15) is 27.8 Å². The average molecular weight is 382 g/mol. The number of carbonyl (C=O) groups is 1. The molecular formula is C25H22N2O2. The van der Waals surface area contributed by atoms with Crippen LogP contribution in [-0.2, 0) is 11.2 Å². The smallest absolute Gasteiger partial charge is 0.266 e. The summed E-state index contributed by atoms with van der Waals surface area (Å²) in [5.41, 5.74) is 6.02. The lowest BCUT2D eigenvalue weighted by molar-refractivity contribution is -0.112. The van der Waals surface area contributed by atoms with E-state index in [9.17, 15) is 15.2 Å². The molecule has 3 aromatic carbocycles. The zero-order valence-corrected chi connectivity index (χ0v) is 16.4. The van der Waals surface area contributed by atoms with Gasteiger partial charge in [0.25, 0.3) is 5.91 Å². The van der Waals surface area contributed by atoms with Gasteiger partial charge in [0, 0.05) is 5.69 Å². The number of rotatable bonds is 5. The van der Waals surface area contributed by atoms with Gasteiger partial charge in [-0.1, -0.05) is 53.6 Å². The molecule has 0 aromatic heterocycles. The van der Waals surface area contributed by atoms with Crippen molar-refractivity contribution in [2.75, 3.05) is 5.32 Å². The van der Waals surface area contributed by atoms with Crippen LogP contribution in [0.15, 0.2) is 72.3 Å². The SMILES string of the molecule is Cc1cc(C)cc(Cc2ccccc2/C=C(\C#N)C(=O)Nc2ccc(O)cc2)c1. The first-order chi connectivity index (χ1) is 13.9. The number of phenolic OH excluding ortho intramolecular Hbond substituents is 1. The fourth-order valence-electron chi connectivity index (χ4n) is 3.27. The minimum Gasteiger partial charge on any atom is -0.508 e. The number of amides is 1. The largest absolute Gasteiger partial charge is 0.508 e. The molecule has 0 atom stereocenters. The van der Waals surface area contributed by atoms with Gasteiger partial charge in [0.15, 0.2) is 0 Å². The Kier molecular flexibility index (Phi) is 6.11. The van der Waals surface area contributed by atoms with Crippen molar-refractivity contribution in [3.63, 3.8) is 0 Å². The lowest BCUT2D eigenvalue weighted by atomic mass is 9.96. The van der Waals surface area contributed by atoms with Gasteiger partial charge in [0.1, 0.15) is 17.4 Å². The summed E-state index contributed by atoms with van der Waals surface area (Å²) in [5.74, 6) is -0.376. The second-order valence-electron chi connectivity index (χ2n) is 7.04. The van der Waals surface area contributed by atoms with Crippen molar-refractivity contribution in [2.24, 2.45) is 0 Å². The molecule has 144 valence electrons. The molecule has 0 unspecified atom stereocenters. The van der Waals surface area contributed by atoms with E-state index in [-0.39, 0.29) is 11.3 Å². The molecule has 0 bridgehead atoms. The fraction of sp³-hybridized carbons (Fsp3) is 0.120. The number of benzene rings is 3. The van der Waals surface area contributed by atoms with Crippen LogP contribution in [0.3, 0.4) is 0 Å². The maximum Gasteiger partial charge on any atom is 0.266 e. The third-order valence-corrected chi connectivity index (χ3v) is 4.52. The predicted molar refractivity (Wildman–Crippen MR) is 115 cm³/mol. The third kappa shape index (κ3) is 5.33. The van der Waals surface area contributed by atoms with Crippen molar-refractivity contribution in [3.05, 3.63) is 100 Å². The molecule has 0 aliphatic heterocycles. The fourth-order valence-corrected chi connectivity index (χ4v) is 3.27. The number of nitrogens with zero attached hydrogens (tertiary/aromatic N) is 1. The molecule has 29 heavy (non-hydrogen) atoms. The summed E-state index contributed by atoms with van der Waals surface area (Å²) < 4.78 is 0. The van der Waals surface area contributed by atoms with E-state index in [0.717, 1.165) is 11.1 Å². The summed E-state index contributed by atoms with van der Waals surface area (Å²) in [5, 5.41) is 21.5. The van der Waals surface area contributed by atoms with E-state index in [1.54, 1.807) is 18.2 Å². The molecule has 4 heteroatoms. The van der Waals surface area contributed by atoms with Crippen LogP contribution in [0.5, 0.6) is 5.75 Å². The van der Waals surface area contributed by atoms with Crippen molar-refractivity contribution in [2.45, 2.75) is 20.3 Å². The van der Waals surface area contributed by atoms with Crippen LogP contribution < -0.4 is 5.32 Å². The molecular weight excluding hydrogens is 360 g/mol. The van der Waals surface area contributed by atoms with E-state index in [1.807, 2.05) is 30.3 Å². The van der Waals surface area contributed by atoms with Crippen molar-refractivity contribution >= 4 is 17.7 Å². The van der Waals surface area contributed by atoms with E-state index in [1.165, 1.54) is 28.8 Å². The van der Waals surface area contributed by atoms with Gasteiger partial charge in [0.05, 0.1) is 0 Å². The number of carbonyl (C=O) groups excluding carboxylic acids is 1. The Morgan fingerprint density at radius 2 is 1.69 bits per heavy atom. The summed E-state index contributed by atoms with van der Waals surface area (Å²) in [6.45, 7) is 4.15. The number of anilines is 1. The van der Waals surface area contributed by atoms with Gasteiger partial charge in [-0.2, -0.15) is 5.26 Å². The van der Waals surface area contributed by atoms with Crippen LogP contribution in [0.25, 0.3) is 6.08 Å². The van der Waals surface area contributed by atoms with Gasteiger partial charge in [0.2, 0.25) is 0 Å². The highest BCUT2D eigenvalue weighted by Gasteiger charge is 2.11. The van der Waals surface area contributed by atoms with Crippen LogP contribution in [0, 0.1) is 25.2 Å². The van der Waals surface area contributed by atoms with Gasteiger partial charge in [-0.25, -0.2) is 0 Å². The number of aromatic hydroxyl groups is 1. The lowest BCUT2D eigenvalue weighted by Crippen LogP contribution is -2.13. The topological polar surface area (TPSA) is 73.1 Å². The Bertz CT molecular complexity index is 1090. The normalized spacial score (nSPS) is 11.0. The van der Waals surface area contributed by atoms with E-state index < -0.39 is 5.91 Å².